The van der Waals surface area contributed by atoms with Crippen molar-refractivity contribution in [3.63, 3.8) is 0 Å². The zero-order valence-corrected chi connectivity index (χ0v) is 9.62. The minimum absolute atomic E-state index is 0.141. The molecule has 0 saturated carbocycles. The van der Waals surface area contributed by atoms with Gasteiger partial charge in [0.2, 0.25) is 0 Å². The average Bonchev–Trinajstić information content (AvgIpc) is 2.51. The summed E-state index contributed by atoms with van der Waals surface area (Å²) in [4.78, 5) is 0. The molecule has 2 N–H and O–H groups in total. The largest absolute Gasteiger partial charge is 0.330 e. The summed E-state index contributed by atoms with van der Waals surface area (Å²) in [6.07, 6.45) is 5.08. The molecule has 0 amide bonds. The smallest absolute Gasteiger partial charge is 0.0527 e. The molecule has 1 rings (SSSR count). The first kappa shape index (κ1) is 11.2. The van der Waals surface area contributed by atoms with Gasteiger partial charge in [0.05, 0.1) is 6.20 Å². The second-order valence-corrected chi connectivity index (χ2v) is 4.73. The van der Waals surface area contributed by atoms with Crippen LogP contribution in [-0.2, 0) is 5.41 Å². The number of nitrogens with two attached hydrogens (primary N) is 1. The van der Waals surface area contributed by atoms with Crippen LogP contribution in [0, 0.1) is 0 Å². The highest BCUT2D eigenvalue weighted by Crippen LogP contribution is 2.26. The third-order valence-electron chi connectivity index (χ3n) is 2.68. The van der Waals surface area contributed by atoms with Crippen LogP contribution in [0.5, 0.6) is 0 Å². The molecule has 0 aromatic carbocycles. The van der Waals surface area contributed by atoms with Gasteiger partial charge < -0.3 is 5.73 Å². The molecule has 80 valence electrons. The maximum absolute atomic E-state index is 5.59. The lowest BCUT2D eigenvalue weighted by molar-refractivity contribution is 0.483. The molecule has 0 bridgehead atoms. The van der Waals surface area contributed by atoms with Crippen molar-refractivity contribution in [1.29, 1.82) is 0 Å². The van der Waals surface area contributed by atoms with Crippen molar-refractivity contribution in [2.45, 2.75) is 45.6 Å². The van der Waals surface area contributed by atoms with E-state index in [4.69, 9.17) is 5.73 Å². The van der Waals surface area contributed by atoms with Gasteiger partial charge in [-0.1, -0.05) is 13.8 Å². The standard InChI is InChI=1S/C11H21N3/c1-9(2)14-8-10(7-13-14)11(3,4)5-6-12/h7-9H,5-6,12H2,1-4H3. The molecular formula is C11H21N3. The molecule has 0 saturated heterocycles. The molecule has 0 aliphatic rings. The minimum atomic E-state index is 0.141. The monoisotopic (exact) mass is 195 g/mol. The van der Waals surface area contributed by atoms with Crippen molar-refractivity contribution in [1.82, 2.24) is 9.78 Å². The fourth-order valence-corrected chi connectivity index (χ4v) is 1.48. The Morgan fingerprint density at radius 2 is 2.14 bits per heavy atom. The Kier molecular flexibility index (Phi) is 3.32. The van der Waals surface area contributed by atoms with Crippen LogP contribution in [0.1, 0.15) is 45.7 Å². The summed E-state index contributed by atoms with van der Waals surface area (Å²) in [5.41, 5.74) is 7.01. The van der Waals surface area contributed by atoms with E-state index >= 15 is 0 Å². The second-order valence-electron chi connectivity index (χ2n) is 4.73. The molecule has 14 heavy (non-hydrogen) atoms. The Balaban J connectivity index is 2.85. The second kappa shape index (κ2) is 4.13. The zero-order chi connectivity index (χ0) is 10.8. The van der Waals surface area contributed by atoms with Crippen molar-refractivity contribution < 1.29 is 0 Å². The van der Waals surface area contributed by atoms with Crippen molar-refractivity contribution in [2.75, 3.05) is 6.54 Å². The van der Waals surface area contributed by atoms with Crippen molar-refractivity contribution >= 4 is 0 Å². The molecule has 3 heteroatoms. The summed E-state index contributed by atoms with van der Waals surface area (Å²) in [6.45, 7) is 9.41. The van der Waals surface area contributed by atoms with Crippen LogP contribution in [0.3, 0.4) is 0 Å². The highest BCUT2D eigenvalue weighted by atomic mass is 15.3. The Morgan fingerprint density at radius 1 is 1.50 bits per heavy atom. The number of rotatable bonds is 4. The van der Waals surface area contributed by atoms with Crippen molar-refractivity contribution in [3.05, 3.63) is 18.0 Å². The fourth-order valence-electron chi connectivity index (χ4n) is 1.48. The van der Waals surface area contributed by atoms with E-state index < -0.39 is 0 Å². The Bertz CT molecular complexity index is 286. The third-order valence-corrected chi connectivity index (χ3v) is 2.68. The van der Waals surface area contributed by atoms with Gasteiger partial charge in [-0.25, -0.2) is 0 Å². The van der Waals surface area contributed by atoms with E-state index in [1.54, 1.807) is 0 Å². The summed E-state index contributed by atoms with van der Waals surface area (Å²) in [7, 11) is 0. The van der Waals surface area contributed by atoms with Crippen LogP contribution in [0.2, 0.25) is 0 Å². The summed E-state index contributed by atoms with van der Waals surface area (Å²) in [6, 6.07) is 0.428. The van der Waals surface area contributed by atoms with E-state index in [0.29, 0.717) is 6.04 Å². The van der Waals surface area contributed by atoms with Crippen molar-refractivity contribution in [3.8, 4) is 0 Å². The summed E-state index contributed by atoms with van der Waals surface area (Å²) in [5.74, 6) is 0. The lowest BCUT2D eigenvalue weighted by Crippen LogP contribution is -2.21. The van der Waals surface area contributed by atoms with Gasteiger partial charge >= 0.3 is 0 Å². The quantitative estimate of drug-likeness (QED) is 0.799. The minimum Gasteiger partial charge on any atom is -0.330 e. The highest BCUT2D eigenvalue weighted by Gasteiger charge is 2.21. The maximum Gasteiger partial charge on any atom is 0.0527 e. The molecule has 0 fully saturated rings. The zero-order valence-electron chi connectivity index (χ0n) is 9.62. The first-order chi connectivity index (χ1) is 6.47. The van der Waals surface area contributed by atoms with Gasteiger partial charge in [0.15, 0.2) is 0 Å². The number of nitrogens with zero attached hydrogens (tertiary/aromatic N) is 2. The Labute approximate surface area is 86.3 Å². The fraction of sp³-hybridized carbons (Fsp3) is 0.727. The molecule has 0 aliphatic carbocycles. The van der Waals surface area contributed by atoms with E-state index in [2.05, 4.69) is 39.0 Å². The van der Waals surface area contributed by atoms with Gasteiger partial charge in [-0.2, -0.15) is 5.10 Å². The van der Waals surface area contributed by atoms with Gasteiger partial charge in [-0.05, 0) is 37.8 Å². The number of aromatic nitrogens is 2. The molecule has 0 atom stereocenters. The lowest BCUT2D eigenvalue weighted by Gasteiger charge is -2.22. The van der Waals surface area contributed by atoms with Gasteiger partial charge in [0, 0.05) is 12.2 Å². The van der Waals surface area contributed by atoms with Gasteiger partial charge in [0.1, 0.15) is 0 Å². The third kappa shape index (κ3) is 2.35. The molecule has 0 spiro atoms. The topological polar surface area (TPSA) is 43.8 Å². The highest BCUT2D eigenvalue weighted by molar-refractivity contribution is 5.16. The first-order valence-electron chi connectivity index (χ1n) is 5.22. The number of hydrogen-bond donors (Lipinski definition) is 1. The van der Waals surface area contributed by atoms with Crippen LogP contribution in [0.15, 0.2) is 12.4 Å². The van der Waals surface area contributed by atoms with Crippen LogP contribution < -0.4 is 5.73 Å². The van der Waals surface area contributed by atoms with E-state index in [1.165, 1.54) is 5.56 Å². The van der Waals surface area contributed by atoms with Gasteiger partial charge in [-0.15, -0.1) is 0 Å². The van der Waals surface area contributed by atoms with Crippen LogP contribution in [0.4, 0.5) is 0 Å². The molecular weight excluding hydrogens is 174 g/mol. The molecule has 3 nitrogen and oxygen atoms in total. The van der Waals surface area contributed by atoms with Crippen LogP contribution in [-0.4, -0.2) is 16.3 Å². The predicted molar refractivity (Wildman–Crippen MR) is 59.3 cm³/mol. The van der Waals surface area contributed by atoms with Crippen molar-refractivity contribution in [2.24, 2.45) is 5.73 Å². The van der Waals surface area contributed by atoms with Gasteiger partial charge in [0.25, 0.3) is 0 Å². The van der Waals surface area contributed by atoms with E-state index in [1.807, 2.05) is 10.9 Å². The Morgan fingerprint density at radius 3 is 2.57 bits per heavy atom. The van der Waals surface area contributed by atoms with Gasteiger partial charge in [-0.3, -0.25) is 4.68 Å². The maximum atomic E-state index is 5.59. The molecule has 1 aromatic rings. The first-order valence-corrected chi connectivity index (χ1v) is 5.22. The van der Waals surface area contributed by atoms with Crippen LogP contribution >= 0.6 is 0 Å². The molecule has 0 aliphatic heterocycles. The summed E-state index contributed by atoms with van der Waals surface area (Å²) in [5, 5.41) is 4.34. The number of hydrogen-bond acceptors (Lipinski definition) is 2. The Hall–Kier alpha value is -0.830. The lowest BCUT2D eigenvalue weighted by atomic mass is 9.83. The SMILES string of the molecule is CC(C)n1cc(C(C)(C)CCN)cn1. The molecule has 1 heterocycles. The van der Waals surface area contributed by atoms with E-state index in [9.17, 15) is 0 Å². The molecule has 1 aromatic heterocycles. The summed E-state index contributed by atoms with van der Waals surface area (Å²) >= 11 is 0. The molecule has 0 unspecified atom stereocenters. The van der Waals surface area contributed by atoms with E-state index in [-0.39, 0.29) is 5.41 Å². The average molecular weight is 195 g/mol. The van der Waals surface area contributed by atoms with Crippen LogP contribution in [0.25, 0.3) is 0 Å². The van der Waals surface area contributed by atoms with E-state index in [0.717, 1.165) is 13.0 Å². The summed E-state index contributed by atoms with van der Waals surface area (Å²) < 4.78 is 1.99. The predicted octanol–water partition coefficient (Wildman–Crippen LogP) is 2.09. The molecule has 0 radical (unpaired) electrons. The normalized spacial score (nSPS) is 12.4.